The number of methoxy groups -OCH3 is 1. The number of hydrogen-bond donors (Lipinski definition) is 3. The number of nitrogens with zero attached hydrogens (tertiary/aromatic N) is 2. The van der Waals surface area contributed by atoms with Crippen molar-refractivity contribution in [3.8, 4) is 0 Å². The number of aryl methyl sites for hydroxylation is 1. The lowest BCUT2D eigenvalue weighted by Gasteiger charge is -2.28. The van der Waals surface area contributed by atoms with Gasteiger partial charge in [0.2, 0.25) is 0 Å². The van der Waals surface area contributed by atoms with E-state index in [2.05, 4.69) is 10.3 Å². The maximum atomic E-state index is 13.2. The normalized spacial score (nSPS) is 13.7. The van der Waals surface area contributed by atoms with E-state index in [1.807, 2.05) is 20.8 Å². The smallest absolute Gasteiger partial charge is 0.253 e. The molecule has 0 saturated carbocycles. The van der Waals surface area contributed by atoms with Gasteiger partial charge >= 0.3 is 0 Å². The Kier molecular flexibility index (Phi) is 11.1. The van der Waals surface area contributed by atoms with Crippen molar-refractivity contribution in [2.24, 2.45) is 0 Å². The van der Waals surface area contributed by atoms with E-state index in [0.717, 1.165) is 24.0 Å². The van der Waals surface area contributed by atoms with Crippen LogP contribution < -0.4 is 5.32 Å². The van der Waals surface area contributed by atoms with Crippen molar-refractivity contribution < 1.29 is 24.5 Å². The summed E-state index contributed by atoms with van der Waals surface area (Å²) in [4.78, 5) is 32.1. The molecule has 0 spiro atoms. The minimum atomic E-state index is -1.26. The SMILES string of the molecule is CCCN(CCC)C(=O)c1cc(C)cc(C(=O)NC(Cc2ccncc2)C(O)C(O)COC)c1. The Morgan fingerprint density at radius 3 is 2.26 bits per heavy atom. The molecule has 0 aliphatic heterocycles. The highest BCUT2D eigenvalue weighted by atomic mass is 16.5. The molecule has 1 aromatic heterocycles. The molecule has 0 fully saturated rings. The van der Waals surface area contributed by atoms with E-state index in [0.29, 0.717) is 24.2 Å². The monoisotopic (exact) mass is 471 g/mol. The van der Waals surface area contributed by atoms with Gasteiger partial charge in [-0.15, -0.1) is 0 Å². The molecule has 1 aromatic carbocycles. The number of pyridine rings is 1. The van der Waals surface area contributed by atoms with Gasteiger partial charge in [0, 0.05) is 43.7 Å². The van der Waals surface area contributed by atoms with E-state index in [1.165, 1.54) is 7.11 Å². The van der Waals surface area contributed by atoms with Crippen LogP contribution in [0.25, 0.3) is 0 Å². The van der Waals surface area contributed by atoms with Crippen LogP contribution in [0, 0.1) is 6.92 Å². The first kappa shape index (κ1) is 27.4. The molecule has 3 atom stereocenters. The number of carbonyl (C=O) groups excluding carboxylic acids is 2. The molecular weight excluding hydrogens is 434 g/mol. The van der Waals surface area contributed by atoms with Gasteiger partial charge < -0.3 is 25.2 Å². The lowest BCUT2D eigenvalue weighted by Crippen LogP contribution is -2.51. The third-order valence-corrected chi connectivity index (χ3v) is 5.53. The fraction of sp³-hybridized carbons (Fsp3) is 0.500. The maximum absolute atomic E-state index is 13.2. The van der Waals surface area contributed by atoms with Crippen molar-refractivity contribution in [2.75, 3.05) is 26.8 Å². The van der Waals surface area contributed by atoms with E-state index >= 15 is 0 Å². The number of hydrogen-bond acceptors (Lipinski definition) is 6. The standard InChI is InChI=1S/C26H37N3O5/c1-5-11-29(12-6-2)26(33)21-14-18(3)13-20(16-21)25(32)28-22(24(31)23(30)17-34-4)15-19-7-9-27-10-8-19/h7-10,13-14,16,22-24,30-31H,5-6,11-12,15,17H2,1-4H3,(H,28,32). The summed E-state index contributed by atoms with van der Waals surface area (Å²) in [5.41, 5.74) is 2.41. The molecule has 8 nitrogen and oxygen atoms in total. The van der Waals surface area contributed by atoms with Crippen molar-refractivity contribution in [3.63, 3.8) is 0 Å². The van der Waals surface area contributed by atoms with E-state index in [4.69, 9.17) is 4.74 Å². The third kappa shape index (κ3) is 7.90. The van der Waals surface area contributed by atoms with Crippen LogP contribution in [0.5, 0.6) is 0 Å². The topological polar surface area (TPSA) is 112 Å². The predicted octanol–water partition coefficient (Wildman–Crippen LogP) is 2.36. The molecule has 3 unspecified atom stereocenters. The molecule has 8 heteroatoms. The second-order valence-corrected chi connectivity index (χ2v) is 8.53. The molecule has 0 bridgehead atoms. The maximum Gasteiger partial charge on any atom is 0.253 e. The van der Waals surface area contributed by atoms with Crippen LogP contribution in [0.15, 0.2) is 42.7 Å². The van der Waals surface area contributed by atoms with Crippen molar-refractivity contribution in [2.45, 2.75) is 58.3 Å². The molecule has 0 aliphatic carbocycles. The first-order valence-electron chi connectivity index (χ1n) is 11.8. The second-order valence-electron chi connectivity index (χ2n) is 8.53. The number of rotatable bonds is 13. The molecule has 0 saturated heterocycles. The van der Waals surface area contributed by atoms with Crippen molar-refractivity contribution >= 4 is 11.8 Å². The minimum absolute atomic E-state index is 0.0718. The fourth-order valence-corrected chi connectivity index (χ4v) is 3.89. The molecule has 2 rings (SSSR count). The summed E-state index contributed by atoms with van der Waals surface area (Å²) in [5.74, 6) is -0.539. The van der Waals surface area contributed by atoms with Gasteiger partial charge in [-0.2, -0.15) is 0 Å². The second kappa shape index (κ2) is 13.8. The van der Waals surface area contributed by atoms with Crippen molar-refractivity contribution in [3.05, 3.63) is 65.0 Å². The van der Waals surface area contributed by atoms with Crippen LogP contribution in [-0.4, -0.2) is 77.0 Å². The first-order valence-corrected chi connectivity index (χ1v) is 11.8. The van der Waals surface area contributed by atoms with Gasteiger partial charge in [0.05, 0.1) is 12.6 Å². The number of nitrogens with one attached hydrogen (secondary N) is 1. The van der Waals surface area contributed by atoms with Crippen molar-refractivity contribution in [1.29, 1.82) is 0 Å². The molecule has 3 N–H and O–H groups in total. The van der Waals surface area contributed by atoms with Crippen LogP contribution in [0.2, 0.25) is 0 Å². The van der Waals surface area contributed by atoms with E-state index in [-0.39, 0.29) is 18.9 Å². The van der Waals surface area contributed by atoms with Crippen LogP contribution in [0.1, 0.15) is 58.5 Å². The largest absolute Gasteiger partial charge is 0.388 e. The van der Waals surface area contributed by atoms with E-state index in [9.17, 15) is 19.8 Å². The molecular formula is C26H37N3O5. The van der Waals surface area contributed by atoms with Gasteiger partial charge in [-0.25, -0.2) is 0 Å². The summed E-state index contributed by atoms with van der Waals surface area (Å²) in [7, 11) is 1.43. The number of aliphatic hydroxyl groups is 2. The highest BCUT2D eigenvalue weighted by Gasteiger charge is 2.29. The lowest BCUT2D eigenvalue weighted by atomic mass is 9.97. The molecule has 1 heterocycles. The average Bonchev–Trinajstić information content (AvgIpc) is 2.83. The predicted molar refractivity (Wildman–Crippen MR) is 131 cm³/mol. The van der Waals surface area contributed by atoms with Crippen LogP contribution in [-0.2, 0) is 11.2 Å². The quantitative estimate of drug-likeness (QED) is 0.414. The number of amides is 2. The average molecular weight is 472 g/mol. The molecule has 2 amide bonds. The molecule has 34 heavy (non-hydrogen) atoms. The van der Waals surface area contributed by atoms with E-state index < -0.39 is 24.2 Å². The molecule has 0 radical (unpaired) electrons. The summed E-state index contributed by atoms with van der Waals surface area (Å²) < 4.78 is 4.96. The summed E-state index contributed by atoms with van der Waals surface area (Å²) in [6, 6.07) is 7.86. The number of aromatic nitrogens is 1. The zero-order chi connectivity index (χ0) is 25.1. The van der Waals surface area contributed by atoms with Gasteiger partial charge in [-0.3, -0.25) is 14.6 Å². The number of benzene rings is 1. The molecule has 2 aromatic rings. The lowest BCUT2D eigenvalue weighted by molar-refractivity contribution is -0.0407. The van der Waals surface area contributed by atoms with Crippen molar-refractivity contribution in [1.82, 2.24) is 15.2 Å². The van der Waals surface area contributed by atoms with Crippen LogP contribution >= 0.6 is 0 Å². The third-order valence-electron chi connectivity index (χ3n) is 5.53. The Morgan fingerprint density at radius 2 is 1.68 bits per heavy atom. The number of ether oxygens (including phenoxy) is 1. The Balaban J connectivity index is 2.29. The zero-order valence-electron chi connectivity index (χ0n) is 20.5. The summed E-state index contributed by atoms with van der Waals surface area (Å²) in [5, 5.41) is 23.9. The van der Waals surface area contributed by atoms with Gasteiger partial charge in [0.25, 0.3) is 11.8 Å². The highest BCUT2D eigenvalue weighted by Crippen LogP contribution is 2.15. The summed E-state index contributed by atoms with van der Waals surface area (Å²) in [6.45, 7) is 7.12. The van der Waals surface area contributed by atoms with Gasteiger partial charge in [-0.1, -0.05) is 13.8 Å². The van der Waals surface area contributed by atoms with Gasteiger partial charge in [-0.05, 0) is 67.6 Å². The Hall–Kier alpha value is -2.81. The van der Waals surface area contributed by atoms with Crippen LogP contribution in [0.3, 0.4) is 0 Å². The summed E-state index contributed by atoms with van der Waals surface area (Å²) in [6.07, 6.45) is 2.81. The molecule has 0 aliphatic rings. The number of aliphatic hydroxyl groups excluding tert-OH is 2. The zero-order valence-corrected chi connectivity index (χ0v) is 20.5. The van der Waals surface area contributed by atoms with Gasteiger partial charge in [0.1, 0.15) is 12.2 Å². The Labute approximate surface area is 202 Å². The fourth-order valence-electron chi connectivity index (χ4n) is 3.89. The van der Waals surface area contributed by atoms with Gasteiger partial charge in [0.15, 0.2) is 0 Å². The summed E-state index contributed by atoms with van der Waals surface area (Å²) >= 11 is 0. The Morgan fingerprint density at radius 1 is 1.06 bits per heavy atom. The number of carbonyl (C=O) groups is 2. The minimum Gasteiger partial charge on any atom is -0.388 e. The van der Waals surface area contributed by atoms with Crippen LogP contribution in [0.4, 0.5) is 0 Å². The Bertz CT molecular complexity index is 916. The molecule has 186 valence electrons. The first-order chi connectivity index (χ1) is 16.3. The highest BCUT2D eigenvalue weighted by molar-refractivity contribution is 6.00. The van der Waals surface area contributed by atoms with E-state index in [1.54, 1.807) is 47.6 Å².